The van der Waals surface area contributed by atoms with E-state index < -0.39 is 10.0 Å². The highest BCUT2D eigenvalue weighted by Gasteiger charge is 2.16. The number of sulfonamides is 1. The lowest BCUT2D eigenvalue weighted by Gasteiger charge is -2.10. The van der Waals surface area contributed by atoms with Crippen molar-refractivity contribution in [1.29, 1.82) is 0 Å². The van der Waals surface area contributed by atoms with Crippen LogP contribution in [0.3, 0.4) is 0 Å². The molecule has 1 aromatic rings. The van der Waals surface area contributed by atoms with E-state index in [1.807, 2.05) is 6.07 Å². The van der Waals surface area contributed by atoms with Crippen molar-refractivity contribution in [3.05, 3.63) is 29.3 Å². The molecule has 0 saturated heterocycles. The summed E-state index contributed by atoms with van der Waals surface area (Å²) in [6.45, 7) is 3.90. The predicted molar refractivity (Wildman–Crippen MR) is 61.6 cm³/mol. The van der Waals surface area contributed by atoms with Gasteiger partial charge in [-0.3, -0.25) is 0 Å². The molecule has 0 saturated carbocycles. The summed E-state index contributed by atoms with van der Waals surface area (Å²) < 4.78 is 26.0. The van der Waals surface area contributed by atoms with Gasteiger partial charge in [0.1, 0.15) is 0 Å². The van der Waals surface area contributed by atoms with Crippen LogP contribution in [0.25, 0.3) is 0 Å². The molecule has 0 spiro atoms. The Balaban J connectivity index is 3.27. The van der Waals surface area contributed by atoms with Crippen LogP contribution in [0, 0.1) is 6.92 Å². The van der Waals surface area contributed by atoms with Crippen molar-refractivity contribution in [3.8, 4) is 0 Å². The summed E-state index contributed by atoms with van der Waals surface area (Å²) in [7, 11) is -3.38. The molecule has 3 nitrogen and oxygen atoms in total. The van der Waals surface area contributed by atoms with E-state index in [1.54, 1.807) is 26.0 Å². The van der Waals surface area contributed by atoms with Crippen LogP contribution < -0.4 is 4.72 Å². The van der Waals surface area contributed by atoms with Crippen LogP contribution in [0.4, 0.5) is 0 Å². The van der Waals surface area contributed by atoms with Gasteiger partial charge in [-0.1, -0.05) is 19.1 Å². The van der Waals surface area contributed by atoms with E-state index >= 15 is 0 Å². The SMILES string of the molecule is CCNS(=O)(=O)c1cccc(CCl)c1C. The second-order valence-corrected chi connectivity index (χ2v) is 5.18. The molecule has 5 heteroatoms. The van der Waals surface area contributed by atoms with Crippen LogP contribution in [0.2, 0.25) is 0 Å². The minimum atomic E-state index is -3.38. The Morgan fingerprint density at radius 2 is 2.07 bits per heavy atom. The number of rotatable bonds is 4. The molecular weight excluding hydrogens is 234 g/mol. The van der Waals surface area contributed by atoms with Gasteiger partial charge in [0.15, 0.2) is 0 Å². The van der Waals surface area contributed by atoms with Gasteiger partial charge < -0.3 is 0 Å². The molecule has 1 N–H and O–H groups in total. The van der Waals surface area contributed by atoms with E-state index in [2.05, 4.69) is 4.72 Å². The predicted octanol–water partition coefficient (Wildman–Crippen LogP) is 2.03. The van der Waals surface area contributed by atoms with Gasteiger partial charge in [0.2, 0.25) is 10.0 Å². The highest BCUT2D eigenvalue weighted by molar-refractivity contribution is 7.89. The van der Waals surface area contributed by atoms with Gasteiger partial charge in [-0.15, -0.1) is 11.6 Å². The van der Waals surface area contributed by atoms with E-state index in [4.69, 9.17) is 11.6 Å². The summed E-state index contributed by atoms with van der Waals surface area (Å²) in [5.74, 6) is 0.321. The summed E-state index contributed by atoms with van der Waals surface area (Å²) in [6.07, 6.45) is 0. The summed E-state index contributed by atoms with van der Waals surface area (Å²) in [5, 5.41) is 0. The zero-order valence-corrected chi connectivity index (χ0v) is 10.3. The third-order valence-electron chi connectivity index (χ3n) is 2.16. The average molecular weight is 248 g/mol. The van der Waals surface area contributed by atoms with E-state index in [-0.39, 0.29) is 0 Å². The fraction of sp³-hybridized carbons (Fsp3) is 0.400. The molecule has 0 aromatic heterocycles. The van der Waals surface area contributed by atoms with Gasteiger partial charge in [-0.25, -0.2) is 13.1 Å². The molecule has 15 heavy (non-hydrogen) atoms. The van der Waals surface area contributed by atoms with Gasteiger partial charge in [-0.2, -0.15) is 0 Å². The van der Waals surface area contributed by atoms with Gasteiger partial charge in [-0.05, 0) is 24.1 Å². The summed E-state index contributed by atoms with van der Waals surface area (Å²) in [6, 6.07) is 5.12. The molecule has 1 aromatic carbocycles. The van der Waals surface area contributed by atoms with Crippen molar-refractivity contribution in [3.63, 3.8) is 0 Å². The first-order chi connectivity index (χ1) is 7.03. The van der Waals surface area contributed by atoms with Crippen LogP contribution in [0.5, 0.6) is 0 Å². The minimum absolute atomic E-state index is 0.308. The number of halogens is 1. The summed E-state index contributed by atoms with van der Waals surface area (Å²) in [5.41, 5.74) is 1.56. The maximum Gasteiger partial charge on any atom is 0.240 e. The standard InChI is InChI=1S/C10H14ClNO2S/c1-3-12-15(13,14)10-6-4-5-9(7-11)8(10)2/h4-6,12H,3,7H2,1-2H3. The molecular formula is C10H14ClNO2S. The smallest absolute Gasteiger partial charge is 0.211 e. The molecule has 84 valence electrons. The Kier molecular flexibility index (Phi) is 4.13. The molecule has 1 rings (SSSR count). The fourth-order valence-corrected chi connectivity index (χ4v) is 2.98. The zero-order chi connectivity index (χ0) is 11.5. The summed E-state index contributed by atoms with van der Waals surface area (Å²) >= 11 is 5.72. The lowest BCUT2D eigenvalue weighted by molar-refractivity contribution is 0.583. The summed E-state index contributed by atoms with van der Waals surface area (Å²) in [4.78, 5) is 0.308. The van der Waals surface area contributed by atoms with Gasteiger partial charge in [0, 0.05) is 12.4 Å². The van der Waals surface area contributed by atoms with Crippen molar-refractivity contribution < 1.29 is 8.42 Å². The average Bonchev–Trinajstić information content (AvgIpc) is 2.17. The molecule has 0 radical (unpaired) electrons. The number of benzene rings is 1. The molecule has 0 aliphatic rings. The molecule has 0 aliphatic carbocycles. The number of nitrogens with one attached hydrogen (secondary N) is 1. The van der Waals surface area contributed by atoms with Gasteiger partial charge in [0.05, 0.1) is 4.90 Å². The number of hydrogen-bond donors (Lipinski definition) is 1. The largest absolute Gasteiger partial charge is 0.240 e. The molecule has 0 bridgehead atoms. The monoisotopic (exact) mass is 247 g/mol. The van der Waals surface area contributed by atoms with Crippen molar-refractivity contribution in [2.75, 3.05) is 6.54 Å². The van der Waals surface area contributed by atoms with Gasteiger partial charge >= 0.3 is 0 Å². The van der Waals surface area contributed by atoms with E-state index in [0.29, 0.717) is 22.9 Å². The maximum atomic E-state index is 11.8. The lowest BCUT2D eigenvalue weighted by atomic mass is 10.1. The van der Waals surface area contributed by atoms with Crippen molar-refractivity contribution in [2.24, 2.45) is 0 Å². The third kappa shape index (κ3) is 2.71. The number of hydrogen-bond acceptors (Lipinski definition) is 2. The zero-order valence-electron chi connectivity index (χ0n) is 8.75. The topological polar surface area (TPSA) is 46.2 Å². The van der Waals surface area contributed by atoms with Crippen LogP contribution in [-0.2, 0) is 15.9 Å². The fourth-order valence-electron chi connectivity index (χ4n) is 1.36. The Labute approximate surface area is 95.5 Å². The highest BCUT2D eigenvalue weighted by atomic mass is 35.5. The second kappa shape index (κ2) is 4.96. The minimum Gasteiger partial charge on any atom is -0.211 e. The van der Waals surface area contributed by atoms with E-state index in [0.717, 1.165) is 5.56 Å². The Bertz CT molecular complexity index is 443. The first-order valence-electron chi connectivity index (χ1n) is 4.67. The van der Waals surface area contributed by atoms with Crippen molar-refractivity contribution in [2.45, 2.75) is 24.6 Å². The van der Waals surface area contributed by atoms with Crippen molar-refractivity contribution in [1.82, 2.24) is 4.72 Å². The first kappa shape index (κ1) is 12.5. The molecule has 0 aliphatic heterocycles. The maximum absolute atomic E-state index is 11.8. The first-order valence-corrected chi connectivity index (χ1v) is 6.68. The molecule has 0 unspecified atom stereocenters. The number of alkyl halides is 1. The van der Waals surface area contributed by atoms with E-state index in [1.165, 1.54) is 0 Å². The highest BCUT2D eigenvalue weighted by Crippen LogP contribution is 2.19. The quantitative estimate of drug-likeness (QED) is 0.828. The third-order valence-corrected chi connectivity index (χ3v) is 4.14. The van der Waals surface area contributed by atoms with Crippen LogP contribution in [0.15, 0.2) is 23.1 Å². The Hall–Kier alpha value is -0.580. The Morgan fingerprint density at radius 3 is 2.60 bits per heavy atom. The van der Waals surface area contributed by atoms with E-state index in [9.17, 15) is 8.42 Å². The molecule has 0 amide bonds. The second-order valence-electron chi connectivity index (χ2n) is 3.18. The van der Waals surface area contributed by atoms with Crippen molar-refractivity contribution >= 4 is 21.6 Å². The van der Waals surface area contributed by atoms with Gasteiger partial charge in [0.25, 0.3) is 0 Å². The van der Waals surface area contributed by atoms with Crippen LogP contribution >= 0.6 is 11.6 Å². The lowest BCUT2D eigenvalue weighted by Crippen LogP contribution is -2.24. The Morgan fingerprint density at radius 1 is 1.40 bits per heavy atom. The van der Waals surface area contributed by atoms with Crippen LogP contribution in [-0.4, -0.2) is 15.0 Å². The molecule has 0 heterocycles. The molecule has 0 fully saturated rings. The molecule has 0 atom stereocenters. The van der Waals surface area contributed by atoms with Crippen LogP contribution in [0.1, 0.15) is 18.1 Å². The normalized spacial score (nSPS) is 11.7.